The van der Waals surface area contributed by atoms with E-state index < -0.39 is 0 Å². The van der Waals surface area contributed by atoms with Gasteiger partial charge in [0.05, 0.1) is 13.1 Å². The van der Waals surface area contributed by atoms with Crippen molar-refractivity contribution in [3.8, 4) is 0 Å². The predicted octanol–water partition coefficient (Wildman–Crippen LogP) is 1.83. The molecule has 0 spiro atoms. The van der Waals surface area contributed by atoms with E-state index >= 15 is 0 Å². The topological polar surface area (TPSA) is 47.7 Å². The van der Waals surface area contributed by atoms with E-state index in [1.54, 1.807) is 12.3 Å². The summed E-state index contributed by atoms with van der Waals surface area (Å²) < 4.78 is 1.14. The zero-order chi connectivity index (χ0) is 15.1. The van der Waals surface area contributed by atoms with Crippen molar-refractivity contribution < 1.29 is 14.7 Å². The van der Waals surface area contributed by atoms with Gasteiger partial charge < -0.3 is 10.1 Å². The highest BCUT2D eigenvalue weighted by Gasteiger charge is 2.27. The lowest BCUT2D eigenvalue weighted by atomic mass is 10.1. The fourth-order valence-electron chi connectivity index (χ4n) is 2.72. The van der Waals surface area contributed by atoms with Crippen molar-refractivity contribution in [1.29, 1.82) is 0 Å². The van der Waals surface area contributed by atoms with E-state index in [-0.39, 0.29) is 5.91 Å². The second-order valence-corrected chi connectivity index (χ2v) is 5.58. The Morgan fingerprint density at radius 1 is 1.19 bits per heavy atom. The molecular weight excluding hydrogens is 266 g/mol. The number of pyridine rings is 1. The Bertz CT molecular complexity index is 457. The minimum absolute atomic E-state index is 0.274. The summed E-state index contributed by atoms with van der Waals surface area (Å²) >= 11 is 0. The summed E-state index contributed by atoms with van der Waals surface area (Å²) in [6.45, 7) is 5.19. The van der Waals surface area contributed by atoms with Gasteiger partial charge in [-0.3, -0.25) is 9.69 Å². The van der Waals surface area contributed by atoms with Gasteiger partial charge in [0.2, 0.25) is 5.91 Å². The Labute approximate surface area is 126 Å². The normalized spacial score (nSPS) is 15.3. The third-order valence-corrected chi connectivity index (χ3v) is 4.02. The number of rotatable bonds is 6. The number of amides is 1. The number of unbranched alkanes of at least 4 members (excludes halogenated alkanes) is 3. The highest BCUT2D eigenvalue weighted by Crippen LogP contribution is 2.12. The molecule has 1 aromatic heterocycles. The van der Waals surface area contributed by atoms with E-state index in [1.165, 1.54) is 12.8 Å². The number of aromatic nitrogens is 1. The maximum absolute atomic E-state index is 12.1. The number of hydrogen-bond acceptors (Lipinski definition) is 3. The van der Waals surface area contributed by atoms with Crippen LogP contribution < -0.4 is 9.63 Å². The second kappa shape index (κ2) is 7.86. The van der Waals surface area contributed by atoms with E-state index in [0.717, 1.165) is 49.6 Å². The van der Waals surface area contributed by atoms with E-state index in [4.69, 9.17) is 0 Å². The molecule has 0 aromatic carbocycles. The molecule has 1 aliphatic heterocycles. The predicted molar refractivity (Wildman–Crippen MR) is 81.4 cm³/mol. The number of anilines is 1. The number of hydrogen-bond donors (Lipinski definition) is 1. The van der Waals surface area contributed by atoms with Crippen LogP contribution in [0.25, 0.3) is 0 Å². The first-order chi connectivity index (χ1) is 10.2. The molecule has 5 heteroatoms. The summed E-state index contributed by atoms with van der Waals surface area (Å²) in [6, 6.07) is 5.59. The second-order valence-electron chi connectivity index (χ2n) is 5.58. The summed E-state index contributed by atoms with van der Waals surface area (Å²) in [5.74, 6) is 1.06. The number of piperazine rings is 1. The Morgan fingerprint density at radius 2 is 1.95 bits per heavy atom. The van der Waals surface area contributed by atoms with Crippen LogP contribution in [0.1, 0.15) is 39.0 Å². The molecule has 5 nitrogen and oxygen atoms in total. The van der Waals surface area contributed by atoms with Crippen molar-refractivity contribution in [3.05, 3.63) is 24.4 Å². The smallest absolute Gasteiger partial charge is 0.316 e. The van der Waals surface area contributed by atoms with Gasteiger partial charge in [0.15, 0.2) is 0 Å². The Hall–Kier alpha value is -1.78. The summed E-state index contributed by atoms with van der Waals surface area (Å²) in [7, 11) is 0. The Morgan fingerprint density at radius 3 is 2.62 bits per heavy atom. The van der Waals surface area contributed by atoms with Crippen LogP contribution in [0.2, 0.25) is 0 Å². The van der Waals surface area contributed by atoms with Crippen LogP contribution in [0, 0.1) is 0 Å². The van der Waals surface area contributed by atoms with Crippen LogP contribution in [-0.4, -0.2) is 42.2 Å². The van der Waals surface area contributed by atoms with Crippen LogP contribution in [-0.2, 0) is 4.79 Å². The number of nitrogens with zero attached hydrogens (tertiary/aromatic N) is 3. The minimum atomic E-state index is 0.274. The molecule has 2 rings (SSSR count). The van der Waals surface area contributed by atoms with Gasteiger partial charge >= 0.3 is 5.82 Å². The standard InChI is InChI=1S/C16H26N3O2/c1-2-3-4-5-9-16(20)18-13-11-17(12-14-18)15-8-6-7-10-19(15)21/h6-8,10,21H,2-5,9,11-14H2,1H3/q+1. The molecule has 0 radical (unpaired) electrons. The van der Waals surface area contributed by atoms with Crippen LogP contribution in [0.3, 0.4) is 0 Å². The first-order valence-corrected chi connectivity index (χ1v) is 7.95. The van der Waals surface area contributed by atoms with Crippen LogP contribution in [0.15, 0.2) is 24.4 Å². The van der Waals surface area contributed by atoms with Crippen LogP contribution >= 0.6 is 0 Å². The van der Waals surface area contributed by atoms with E-state index in [0.29, 0.717) is 6.42 Å². The van der Waals surface area contributed by atoms with Crippen molar-refractivity contribution in [2.24, 2.45) is 0 Å². The van der Waals surface area contributed by atoms with Crippen molar-refractivity contribution in [1.82, 2.24) is 4.90 Å². The van der Waals surface area contributed by atoms with E-state index in [1.807, 2.05) is 17.0 Å². The molecule has 1 aliphatic rings. The quantitative estimate of drug-likeness (QED) is 0.494. The van der Waals surface area contributed by atoms with Gasteiger partial charge in [-0.05, 0) is 12.5 Å². The summed E-state index contributed by atoms with van der Waals surface area (Å²) in [6.07, 6.45) is 6.86. The number of carbonyl (C=O) groups is 1. The zero-order valence-corrected chi connectivity index (χ0v) is 12.9. The molecule has 2 heterocycles. The third kappa shape index (κ3) is 4.34. The third-order valence-electron chi connectivity index (χ3n) is 4.02. The first-order valence-electron chi connectivity index (χ1n) is 7.95. The lowest BCUT2D eigenvalue weighted by Crippen LogP contribution is -2.52. The zero-order valence-electron chi connectivity index (χ0n) is 12.9. The molecule has 0 aliphatic carbocycles. The Kier molecular flexibility index (Phi) is 5.84. The van der Waals surface area contributed by atoms with Gasteiger partial charge in [0, 0.05) is 12.5 Å². The molecule has 21 heavy (non-hydrogen) atoms. The monoisotopic (exact) mass is 292 g/mol. The molecule has 1 N–H and O–H groups in total. The van der Waals surface area contributed by atoms with Crippen LogP contribution in [0.5, 0.6) is 0 Å². The molecule has 1 fully saturated rings. The van der Waals surface area contributed by atoms with Gasteiger partial charge in [-0.15, -0.1) is 0 Å². The fourth-order valence-corrected chi connectivity index (χ4v) is 2.72. The molecule has 1 amide bonds. The highest BCUT2D eigenvalue weighted by molar-refractivity contribution is 5.76. The van der Waals surface area contributed by atoms with E-state index in [2.05, 4.69) is 11.8 Å². The molecule has 0 atom stereocenters. The molecule has 0 bridgehead atoms. The summed E-state index contributed by atoms with van der Waals surface area (Å²) in [5.41, 5.74) is 0. The lowest BCUT2D eigenvalue weighted by Gasteiger charge is -2.31. The largest absolute Gasteiger partial charge is 0.350 e. The summed E-state index contributed by atoms with van der Waals surface area (Å²) in [5, 5.41) is 9.80. The molecule has 1 aromatic rings. The van der Waals surface area contributed by atoms with Crippen molar-refractivity contribution >= 4 is 11.7 Å². The van der Waals surface area contributed by atoms with Gasteiger partial charge in [-0.25, -0.2) is 0 Å². The molecule has 116 valence electrons. The average molecular weight is 292 g/mol. The van der Waals surface area contributed by atoms with Crippen molar-refractivity contribution in [2.75, 3.05) is 31.1 Å². The van der Waals surface area contributed by atoms with Crippen molar-refractivity contribution in [2.45, 2.75) is 39.0 Å². The van der Waals surface area contributed by atoms with Gasteiger partial charge in [-0.1, -0.05) is 37.0 Å². The molecular formula is C16H26N3O2+. The minimum Gasteiger partial charge on any atom is -0.350 e. The van der Waals surface area contributed by atoms with Gasteiger partial charge in [0.1, 0.15) is 19.3 Å². The summed E-state index contributed by atoms with van der Waals surface area (Å²) in [4.78, 5) is 16.2. The molecule has 0 unspecified atom stereocenters. The SMILES string of the molecule is CCCCCCC(=O)N1CCN(c2cccc[n+]2O)CC1. The maximum atomic E-state index is 12.1. The fraction of sp³-hybridized carbons (Fsp3) is 0.625. The van der Waals surface area contributed by atoms with Gasteiger partial charge in [0.25, 0.3) is 0 Å². The maximum Gasteiger partial charge on any atom is 0.316 e. The number of carbonyl (C=O) groups excluding carboxylic acids is 1. The van der Waals surface area contributed by atoms with E-state index in [9.17, 15) is 10.0 Å². The molecule has 1 saturated heterocycles. The van der Waals surface area contributed by atoms with Gasteiger partial charge in [-0.2, -0.15) is 0 Å². The first kappa shape index (κ1) is 15.6. The molecule has 0 saturated carbocycles. The highest BCUT2D eigenvalue weighted by atomic mass is 16.5. The van der Waals surface area contributed by atoms with Crippen LogP contribution in [0.4, 0.5) is 5.82 Å². The average Bonchev–Trinajstić information content (AvgIpc) is 2.52. The lowest BCUT2D eigenvalue weighted by molar-refractivity contribution is -0.894. The van der Waals surface area contributed by atoms with Crippen molar-refractivity contribution in [3.63, 3.8) is 0 Å². The Balaban J connectivity index is 1.78.